The van der Waals surface area contributed by atoms with Gasteiger partial charge in [-0.05, 0) is 78.6 Å². The van der Waals surface area contributed by atoms with Crippen molar-refractivity contribution in [3.05, 3.63) is 113 Å². The average molecular weight is 677 g/mol. The zero-order valence-corrected chi connectivity index (χ0v) is 27.8. The topological polar surface area (TPSA) is 91.4 Å². The van der Waals surface area contributed by atoms with Gasteiger partial charge in [0.15, 0.2) is 0 Å². The van der Waals surface area contributed by atoms with Crippen LogP contribution in [0.15, 0.2) is 85.1 Å². The lowest BCUT2D eigenvalue weighted by molar-refractivity contribution is -0.137. The van der Waals surface area contributed by atoms with E-state index in [-0.39, 0.29) is 18.0 Å². The summed E-state index contributed by atoms with van der Waals surface area (Å²) in [6.07, 6.45) is 0.264. The van der Waals surface area contributed by atoms with Crippen LogP contribution in [0.4, 0.5) is 24.5 Å². The van der Waals surface area contributed by atoms with E-state index in [4.69, 9.17) is 0 Å². The highest BCUT2D eigenvalue weighted by Gasteiger charge is 2.30. The molecule has 0 atom stereocenters. The molecule has 0 unspecified atom stereocenters. The first-order chi connectivity index (χ1) is 23.1. The number of nitrogens with one attached hydrogen (secondary N) is 2. The Morgan fingerprint density at radius 1 is 0.875 bits per heavy atom. The first-order valence-corrected chi connectivity index (χ1v) is 17.0. The number of thioether (sulfide) groups is 1. The van der Waals surface area contributed by atoms with E-state index in [0.29, 0.717) is 46.0 Å². The third-order valence-corrected chi connectivity index (χ3v) is 8.51. The van der Waals surface area contributed by atoms with Gasteiger partial charge in [-0.3, -0.25) is 14.6 Å². The van der Waals surface area contributed by atoms with Crippen LogP contribution >= 0.6 is 11.8 Å². The Morgan fingerprint density at radius 2 is 1.60 bits per heavy atom. The van der Waals surface area contributed by atoms with Gasteiger partial charge < -0.3 is 20.3 Å². The molecule has 252 valence electrons. The van der Waals surface area contributed by atoms with Crippen molar-refractivity contribution in [3.8, 4) is 11.3 Å². The molecule has 0 saturated carbocycles. The van der Waals surface area contributed by atoms with Gasteiger partial charge in [0.25, 0.3) is 11.8 Å². The molecule has 4 aromatic rings. The number of hydrogen-bond donors (Lipinski definition) is 2. The second kappa shape index (κ2) is 17.5. The van der Waals surface area contributed by atoms with Crippen molar-refractivity contribution in [2.24, 2.45) is 0 Å². The fourth-order valence-corrected chi connectivity index (χ4v) is 5.96. The zero-order chi connectivity index (χ0) is 34.5. The summed E-state index contributed by atoms with van der Waals surface area (Å²) < 4.78 is 39.5. The standard InChI is InChI=1S/C37H39F3N4O3S/c1-3-16-44(17-4-2)31-12-13-33(43-36(47)28-10-5-9-27(20-28)25-48-19-7-18-45)32(23-31)34-22-29(14-15-41-34)35(46)42-24-26-8-6-11-30(21-26)37(38,39)40/h5-6,8-15,18,20-23H,3-4,7,16-17,19,24-25H2,1-2H3,(H,42,46)(H,43,47). The first kappa shape index (κ1) is 36.2. The summed E-state index contributed by atoms with van der Waals surface area (Å²) in [5.41, 5.74) is 3.78. The number of hydrogen-bond acceptors (Lipinski definition) is 6. The molecule has 0 bridgehead atoms. The third-order valence-electron chi connectivity index (χ3n) is 7.45. The number of aldehydes is 1. The number of nitrogens with zero attached hydrogens (tertiary/aromatic N) is 2. The molecule has 0 radical (unpaired) electrons. The van der Waals surface area contributed by atoms with Gasteiger partial charge in [0.05, 0.1) is 16.9 Å². The van der Waals surface area contributed by atoms with Crippen molar-refractivity contribution >= 4 is 41.2 Å². The largest absolute Gasteiger partial charge is 0.416 e. The molecule has 0 fully saturated rings. The van der Waals surface area contributed by atoms with Crippen LogP contribution in [-0.2, 0) is 23.3 Å². The van der Waals surface area contributed by atoms with Crippen LogP contribution in [0.1, 0.15) is 70.5 Å². The number of anilines is 2. The Labute approximate surface area is 283 Å². The van der Waals surface area contributed by atoms with Crippen LogP contribution in [0.3, 0.4) is 0 Å². The highest BCUT2D eigenvalue weighted by atomic mass is 32.2. The minimum atomic E-state index is -4.48. The predicted octanol–water partition coefficient (Wildman–Crippen LogP) is 8.40. The Bertz CT molecular complexity index is 1710. The lowest BCUT2D eigenvalue weighted by Crippen LogP contribution is -2.25. The number of rotatable bonds is 16. The molecule has 7 nitrogen and oxygen atoms in total. The Morgan fingerprint density at radius 3 is 2.33 bits per heavy atom. The summed E-state index contributed by atoms with van der Waals surface area (Å²) in [6, 6.07) is 21.0. The van der Waals surface area contributed by atoms with Crippen molar-refractivity contribution < 1.29 is 27.6 Å². The summed E-state index contributed by atoms with van der Waals surface area (Å²) in [5.74, 6) is 0.599. The van der Waals surface area contributed by atoms with E-state index in [1.165, 1.54) is 24.4 Å². The smallest absolute Gasteiger partial charge is 0.372 e. The molecule has 3 aromatic carbocycles. The molecule has 0 aliphatic carbocycles. The summed E-state index contributed by atoms with van der Waals surface area (Å²) in [6.45, 7) is 5.80. The summed E-state index contributed by atoms with van der Waals surface area (Å²) in [5, 5.41) is 5.73. The second-order valence-corrected chi connectivity index (χ2v) is 12.3. The number of carbonyl (C=O) groups excluding carboxylic acids is 3. The van der Waals surface area contributed by atoms with Crippen LogP contribution in [-0.4, -0.2) is 41.9 Å². The maximum atomic E-state index is 13.5. The Kier molecular flexibility index (Phi) is 13.2. The molecular weight excluding hydrogens is 637 g/mol. The molecule has 48 heavy (non-hydrogen) atoms. The first-order valence-electron chi connectivity index (χ1n) is 15.8. The number of amides is 2. The molecule has 11 heteroatoms. The minimum absolute atomic E-state index is 0.0884. The number of halogens is 3. The number of benzene rings is 3. The van der Waals surface area contributed by atoms with Crippen molar-refractivity contribution in [2.45, 2.75) is 51.6 Å². The quantitative estimate of drug-likeness (QED) is 0.0915. The molecule has 2 N–H and O–H groups in total. The molecule has 0 spiro atoms. The lowest BCUT2D eigenvalue weighted by atomic mass is 10.0. The predicted molar refractivity (Wildman–Crippen MR) is 186 cm³/mol. The zero-order valence-electron chi connectivity index (χ0n) is 27.0. The Balaban J connectivity index is 1.61. The van der Waals surface area contributed by atoms with E-state index in [9.17, 15) is 27.6 Å². The fourth-order valence-electron chi connectivity index (χ4n) is 5.14. The SMILES string of the molecule is CCCN(CCC)c1ccc(NC(=O)c2cccc(CSCCC=O)c2)c(-c2cc(C(=O)NCc3cccc(C(F)(F)F)c3)ccn2)c1. The normalized spacial score (nSPS) is 11.2. The van der Waals surface area contributed by atoms with E-state index in [1.54, 1.807) is 23.9 Å². The van der Waals surface area contributed by atoms with Crippen molar-refractivity contribution in [3.63, 3.8) is 0 Å². The molecule has 1 aromatic heterocycles. The maximum Gasteiger partial charge on any atom is 0.416 e. The number of alkyl halides is 3. The van der Waals surface area contributed by atoms with Gasteiger partial charge in [0, 0.05) is 66.1 Å². The fraction of sp³-hybridized carbons (Fsp3) is 0.297. The van der Waals surface area contributed by atoms with Gasteiger partial charge >= 0.3 is 6.18 Å². The van der Waals surface area contributed by atoms with Gasteiger partial charge in [-0.1, -0.05) is 38.1 Å². The molecule has 2 amide bonds. The van der Waals surface area contributed by atoms with Gasteiger partial charge in [0.2, 0.25) is 0 Å². The molecule has 1 heterocycles. The minimum Gasteiger partial charge on any atom is -0.372 e. The monoisotopic (exact) mass is 676 g/mol. The summed E-state index contributed by atoms with van der Waals surface area (Å²) in [4.78, 5) is 44.1. The summed E-state index contributed by atoms with van der Waals surface area (Å²) in [7, 11) is 0. The lowest BCUT2D eigenvalue weighted by Gasteiger charge is -2.25. The number of carbonyl (C=O) groups is 3. The third kappa shape index (κ3) is 10.2. The van der Waals surface area contributed by atoms with Crippen molar-refractivity contribution in [2.75, 3.05) is 29.1 Å². The van der Waals surface area contributed by atoms with Crippen molar-refractivity contribution in [1.29, 1.82) is 0 Å². The van der Waals surface area contributed by atoms with Crippen LogP contribution < -0.4 is 15.5 Å². The second-order valence-electron chi connectivity index (χ2n) is 11.2. The van der Waals surface area contributed by atoms with E-state index in [0.717, 1.165) is 55.6 Å². The van der Waals surface area contributed by atoms with Crippen LogP contribution in [0.5, 0.6) is 0 Å². The molecule has 0 saturated heterocycles. The Hall–Kier alpha value is -4.64. The molecule has 4 rings (SSSR count). The van der Waals surface area contributed by atoms with E-state index < -0.39 is 17.6 Å². The average Bonchev–Trinajstić information content (AvgIpc) is 3.09. The van der Waals surface area contributed by atoms with Crippen LogP contribution in [0, 0.1) is 0 Å². The van der Waals surface area contributed by atoms with Gasteiger partial charge in [-0.2, -0.15) is 24.9 Å². The van der Waals surface area contributed by atoms with E-state index in [2.05, 4.69) is 34.4 Å². The number of pyridine rings is 1. The van der Waals surface area contributed by atoms with Crippen LogP contribution in [0.25, 0.3) is 11.3 Å². The van der Waals surface area contributed by atoms with E-state index >= 15 is 0 Å². The molecular formula is C37H39F3N4O3S. The summed E-state index contributed by atoms with van der Waals surface area (Å²) >= 11 is 1.62. The molecule has 0 aliphatic rings. The van der Waals surface area contributed by atoms with Gasteiger partial charge in [0.1, 0.15) is 6.29 Å². The van der Waals surface area contributed by atoms with Crippen LogP contribution in [0.2, 0.25) is 0 Å². The van der Waals surface area contributed by atoms with Crippen molar-refractivity contribution in [1.82, 2.24) is 10.3 Å². The highest BCUT2D eigenvalue weighted by molar-refractivity contribution is 7.98. The number of aromatic nitrogens is 1. The van der Waals surface area contributed by atoms with Gasteiger partial charge in [-0.25, -0.2) is 0 Å². The van der Waals surface area contributed by atoms with Gasteiger partial charge in [-0.15, -0.1) is 0 Å². The highest BCUT2D eigenvalue weighted by Crippen LogP contribution is 2.33. The van der Waals surface area contributed by atoms with E-state index in [1.807, 2.05) is 36.4 Å². The maximum absolute atomic E-state index is 13.5. The molecule has 0 aliphatic heterocycles.